The molecule has 3 nitrogen and oxygen atoms in total. The predicted octanol–water partition coefficient (Wildman–Crippen LogP) is 2.38. The summed E-state index contributed by atoms with van der Waals surface area (Å²) in [7, 11) is 0. The number of primary amides is 1. The number of anilines is 1. The lowest BCUT2D eigenvalue weighted by Gasteiger charge is -2.20. The number of allylic oxidation sites excluding steroid dienone is 1. The highest BCUT2D eigenvalue weighted by molar-refractivity contribution is 14.1. The third-order valence-electron chi connectivity index (χ3n) is 2.34. The first-order valence-corrected chi connectivity index (χ1v) is 5.96. The number of carbonyl (C=O) groups excluding carboxylic acids is 1. The Balaban J connectivity index is 2.27. The Morgan fingerprint density at radius 3 is 2.62 bits per heavy atom. The summed E-state index contributed by atoms with van der Waals surface area (Å²) in [5, 5.41) is 0. The van der Waals surface area contributed by atoms with Crippen LogP contribution in [0.15, 0.2) is 48.3 Å². The van der Waals surface area contributed by atoms with Crippen LogP contribution < -0.4 is 10.6 Å². The van der Waals surface area contributed by atoms with Crippen molar-refractivity contribution in [3.8, 4) is 0 Å². The fourth-order valence-corrected chi connectivity index (χ4v) is 1.85. The minimum absolute atomic E-state index is 0.361. The fraction of sp³-hybridized carbons (Fsp3) is 0.0833. The number of nitrogens with zero attached hydrogens (tertiary/aromatic N) is 1. The van der Waals surface area contributed by atoms with E-state index in [1.165, 1.54) is 3.57 Å². The Labute approximate surface area is 108 Å². The largest absolute Gasteiger partial charge is 0.366 e. The topological polar surface area (TPSA) is 46.3 Å². The van der Waals surface area contributed by atoms with Crippen LogP contribution in [-0.4, -0.2) is 5.91 Å². The van der Waals surface area contributed by atoms with Crippen LogP contribution >= 0.6 is 22.6 Å². The molecule has 0 spiro atoms. The van der Waals surface area contributed by atoms with Crippen molar-refractivity contribution in [3.05, 3.63) is 51.9 Å². The monoisotopic (exact) mass is 326 g/mol. The molecule has 0 bridgehead atoms. The fourth-order valence-electron chi connectivity index (χ4n) is 1.49. The lowest BCUT2D eigenvalue weighted by molar-refractivity contribution is -0.114. The van der Waals surface area contributed by atoms with Gasteiger partial charge in [0.25, 0.3) is 0 Å². The van der Waals surface area contributed by atoms with Gasteiger partial charge in [0.2, 0.25) is 5.91 Å². The number of nitrogens with two attached hydrogens (primary N) is 1. The first kappa shape index (κ1) is 11.2. The highest BCUT2D eigenvalue weighted by Crippen LogP contribution is 2.21. The number of benzene rings is 1. The average Bonchev–Trinajstić information content (AvgIpc) is 2.30. The van der Waals surface area contributed by atoms with Gasteiger partial charge in [-0.1, -0.05) is 6.08 Å². The Kier molecular flexibility index (Phi) is 3.28. The first-order chi connectivity index (χ1) is 7.66. The van der Waals surface area contributed by atoms with E-state index in [2.05, 4.69) is 22.6 Å². The quantitative estimate of drug-likeness (QED) is 0.849. The molecule has 1 aliphatic rings. The second-order valence-corrected chi connectivity index (χ2v) is 4.74. The third kappa shape index (κ3) is 2.44. The summed E-state index contributed by atoms with van der Waals surface area (Å²) in [4.78, 5) is 13.0. The number of rotatable bonds is 2. The number of halogens is 1. The first-order valence-electron chi connectivity index (χ1n) is 4.88. The standard InChI is InChI=1S/C12H11IN2O/c13-10-3-5-11(6-4-10)15-7-1-2-9(8-15)12(14)16/h1,3-8H,2H2,(H2,14,16). The highest BCUT2D eigenvalue weighted by atomic mass is 127. The summed E-state index contributed by atoms with van der Waals surface area (Å²) in [5.74, 6) is -0.361. The van der Waals surface area contributed by atoms with Gasteiger partial charge in [-0.15, -0.1) is 0 Å². The Morgan fingerprint density at radius 1 is 1.31 bits per heavy atom. The third-order valence-corrected chi connectivity index (χ3v) is 3.06. The van der Waals surface area contributed by atoms with E-state index in [0.29, 0.717) is 12.0 Å². The lowest BCUT2D eigenvalue weighted by atomic mass is 10.1. The molecule has 4 heteroatoms. The van der Waals surface area contributed by atoms with E-state index >= 15 is 0 Å². The molecule has 1 aliphatic heterocycles. The van der Waals surface area contributed by atoms with Gasteiger partial charge < -0.3 is 10.6 Å². The van der Waals surface area contributed by atoms with Gasteiger partial charge in [-0.05, 0) is 53.3 Å². The van der Waals surface area contributed by atoms with Crippen molar-refractivity contribution in [1.29, 1.82) is 0 Å². The van der Waals surface area contributed by atoms with Crippen LogP contribution in [0, 0.1) is 3.57 Å². The van der Waals surface area contributed by atoms with E-state index in [1.807, 2.05) is 41.4 Å². The minimum atomic E-state index is -0.361. The van der Waals surface area contributed by atoms with Crippen molar-refractivity contribution >= 4 is 34.2 Å². The van der Waals surface area contributed by atoms with Gasteiger partial charge in [-0.3, -0.25) is 4.79 Å². The smallest absolute Gasteiger partial charge is 0.246 e. The van der Waals surface area contributed by atoms with E-state index in [1.54, 1.807) is 6.20 Å². The lowest BCUT2D eigenvalue weighted by Crippen LogP contribution is -2.20. The summed E-state index contributed by atoms with van der Waals surface area (Å²) >= 11 is 2.26. The van der Waals surface area contributed by atoms with Crippen LogP contribution in [0.4, 0.5) is 5.69 Å². The summed E-state index contributed by atoms with van der Waals surface area (Å²) < 4.78 is 1.18. The molecule has 0 fully saturated rings. The minimum Gasteiger partial charge on any atom is -0.366 e. The van der Waals surface area contributed by atoms with Crippen molar-refractivity contribution in [2.45, 2.75) is 6.42 Å². The molecule has 0 aliphatic carbocycles. The molecule has 0 aromatic heterocycles. The summed E-state index contributed by atoms with van der Waals surface area (Å²) in [6.07, 6.45) is 6.26. The Bertz CT molecular complexity index is 462. The van der Waals surface area contributed by atoms with Crippen LogP contribution in [0.25, 0.3) is 0 Å². The van der Waals surface area contributed by atoms with Gasteiger partial charge in [0, 0.05) is 27.2 Å². The molecule has 1 aromatic carbocycles. The van der Waals surface area contributed by atoms with Gasteiger partial charge in [-0.2, -0.15) is 0 Å². The van der Waals surface area contributed by atoms with Gasteiger partial charge in [-0.25, -0.2) is 0 Å². The van der Waals surface area contributed by atoms with E-state index in [-0.39, 0.29) is 5.91 Å². The van der Waals surface area contributed by atoms with Crippen molar-refractivity contribution in [1.82, 2.24) is 0 Å². The molecule has 0 saturated carbocycles. The van der Waals surface area contributed by atoms with Crippen LogP contribution in [0.5, 0.6) is 0 Å². The predicted molar refractivity (Wildman–Crippen MR) is 72.7 cm³/mol. The molecule has 1 aromatic rings. The van der Waals surface area contributed by atoms with Gasteiger partial charge in [0.05, 0.1) is 0 Å². The Morgan fingerprint density at radius 2 is 2.00 bits per heavy atom. The van der Waals surface area contributed by atoms with Crippen LogP contribution in [0.3, 0.4) is 0 Å². The second-order valence-electron chi connectivity index (χ2n) is 3.49. The molecule has 0 radical (unpaired) electrons. The second kappa shape index (κ2) is 4.69. The summed E-state index contributed by atoms with van der Waals surface area (Å²) in [6.45, 7) is 0. The highest BCUT2D eigenvalue weighted by Gasteiger charge is 2.10. The molecule has 82 valence electrons. The van der Waals surface area contributed by atoms with Crippen molar-refractivity contribution in [2.75, 3.05) is 4.90 Å². The number of hydrogen-bond acceptors (Lipinski definition) is 2. The van der Waals surface area contributed by atoms with Gasteiger partial charge in [0.15, 0.2) is 0 Å². The SMILES string of the molecule is NC(=O)C1=CN(c2ccc(I)cc2)C=CC1. The molecule has 2 rings (SSSR count). The number of amides is 1. The normalized spacial score (nSPS) is 14.8. The zero-order valence-corrected chi connectivity index (χ0v) is 10.7. The Hall–Kier alpha value is -1.30. The molecular weight excluding hydrogens is 315 g/mol. The van der Waals surface area contributed by atoms with Gasteiger partial charge in [0.1, 0.15) is 0 Å². The number of carbonyl (C=O) groups is 1. The molecule has 1 heterocycles. The van der Waals surface area contributed by atoms with Crippen LogP contribution in [-0.2, 0) is 4.79 Å². The van der Waals surface area contributed by atoms with Crippen molar-refractivity contribution in [2.24, 2.45) is 5.73 Å². The maximum atomic E-state index is 11.1. The number of hydrogen-bond donors (Lipinski definition) is 1. The zero-order valence-electron chi connectivity index (χ0n) is 8.56. The molecule has 1 amide bonds. The summed E-state index contributed by atoms with van der Waals surface area (Å²) in [6, 6.07) is 8.06. The molecule has 2 N–H and O–H groups in total. The van der Waals surface area contributed by atoms with Crippen molar-refractivity contribution in [3.63, 3.8) is 0 Å². The van der Waals surface area contributed by atoms with E-state index in [4.69, 9.17) is 5.73 Å². The van der Waals surface area contributed by atoms with Gasteiger partial charge >= 0.3 is 0 Å². The van der Waals surface area contributed by atoms with E-state index in [0.717, 1.165) is 5.69 Å². The zero-order chi connectivity index (χ0) is 11.5. The van der Waals surface area contributed by atoms with E-state index < -0.39 is 0 Å². The van der Waals surface area contributed by atoms with Crippen LogP contribution in [0.1, 0.15) is 6.42 Å². The molecular formula is C12H11IN2O. The maximum absolute atomic E-state index is 11.1. The average molecular weight is 326 g/mol. The molecule has 16 heavy (non-hydrogen) atoms. The van der Waals surface area contributed by atoms with Crippen molar-refractivity contribution < 1.29 is 4.79 Å². The molecule has 0 atom stereocenters. The van der Waals surface area contributed by atoms with Crippen LogP contribution in [0.2, 0.25) is 0 Å². The summed E-state index contributed by atoms with van der Waals surface area (Å²) in [5.41, 5.74) is 6.91. The molecule has 0 saturated heterocycles. The maximum Gasteiger partial charge on any atom is 0.246 e. The molecule has 0 unspecified atom stereocenters. The van der Waals surface area contributed by atoms with E-state index in [9.17, 15) is 4.79 Å².